The van der Waals surface area contributed by atoms with Crippen LogP contribution in [0.5, 0.6) is 0 Å². The molecule has 0 saturated heterocycles. The monoisotopic (exact) mass is 312 g/mol. The molecule has 0 radical (unpaired) electrons. The summed E-state index contributed by atoms with van der Waals surface area (Å²) in [6.45, 7) is 6.17. The van der Waals surface area contributed by atoms with E-state index >= 15 is 0 Å². The quantitative estimate of drug-likeness (QED) is 0.607. The Labute approximate surface area is 109 Å². The molecule has 0 fully saturated rings. The Morgan fingerprint density at radius 3 is 1.81 bits per heavy atom. The van der Waals surface area contributed by atoms with Gasteiger partial charge >= 0.3 is 0 Å². The van der Waals surface area contributed by atoms with E-state index in [1.165, 1.54) is 0 Å². The molecule has 0 unspecified atom stereocenters. The first-order valence-electron chi connectivity index (χ1n) is 6.21. The molecule has 0 bridgehead atoms. The fourth-order valence-electron chi connectivity index (χ4n) is 2.35. The maximum absolute atomic E-state index is 11.9. The molecular weight excluding hydrogens is 288 g/mol. The summed E-state index contributed by atoms with van der Waals surface area (Å²) in [5.41, 5.74) is -0.0441. The topological polar surface area (TPSA) is 34.1 Å². The largest absolute Gasteiger partial charge is 0.229 e. The highest BCUT2D eigenvalue weighted by Crippen LogP contribution is 2.34. The predicted molar refractivity (Wildman–Crippen MR) is 75.0 cm³/mol. The van der Waals surface area contributed by atoms with Crippen molar-refractivity contribution in [3.8, 4) is 0 Å². The summed E-state index contributed by atoms with van der Waals surface area (Å²) in [6, 6.07) is 0. The second-order valence-corrected chi connectivity index (χ2v) is 7.47. The van der Waals surface area contributed by atoms with Gasteiger partial charge in [-0.25, -0.2) is 8.42 Å². The third-order valence-corrected chi connectivity index (χ3v) is 6.16. The first-order chi connectivity index (χ1) is 7.45. The lowest BCUT2D eigenvalue weighted by molar-refractivity contribution is 0.314. The van der Waals surface area contributed by atoms with Crippen molar-refractivity contribution in [1.82, 2.24) is 0 Å². The van der Waals surface area contributed by atoms with Gasteiger partial charge in [-0.3, -0.25) is 0 Å². The van der Waals surface area contributed by atoms with Crippen LogP contribution in [-0.4, -0.2) is 25.3 Å². The molecule has 0 spiro atoms. The maximum Gasteiger partial charge on any atom is 0.150 e. The first kappa shape index (κ1) is 16.4. The van der Waals surface area contributed by atoms with E-state index in [9.17, 15) is 8.42 Å². The first-order valence-corrected chi connectivity index (χ1v) is 9.16. The smallest absolute Gasteiger partial charge is 0.150 e. The molecule has 0 aliphatic carbocycles. The summed E-state index contributed by atoms with van der Waals surface area (Å²) >= 11 is 3.51. The Hall–Kier alpha value is 0.430. The van der Waals surface area contributed by atoms with E-state index in [1.807, 2.05) is 6.92 Å². The molecule has 0 aliphatic heterocycles. The van der Waals surface area contributed by atoms with Gasteiger partial charge in [-0.1, -0.05) is 49.5 Å². The van der Waals surface area contributed by atoms with Crippen LogP contribution in [0.15, 0.2) is 0 Å². The number of halogens is 1. The minimum atomic E-state index is -2.88. The number of rotatable bonds is 9. The fraction of sp³-hybridized carbons (Fsp3) is 1.00. The molecular formula is C12H25BrO2S. The molecule has 16 heavy (non-hydrogen) atoms. The van der Waals surface area contributed by atoms with Crippen LogP contribution in [0, 0.1) is 5.41 Å². The lowest BCUT2D eigenvalue weighted by Gasteiger charge is -2.31. The summed E-state index contributed by atoms with van der Waals surface area (Å²) < 4.78 is 23.9. The molecule has 0 saturated carbocycles. The zero-order valence-corrected chi connectivity index (χ0v) is 13.2. The minimum absolute atomic E-state index is 0.0441. The van der Waals surface area contributed by atoms with Crippen LogP contribution < -0.4 is 0 Å². The summed E-state index contributed by atoms with van der Waals surface area (Å²) in [5.74, 6) is 0.677. The third-order valence-electron chi connectivity index (χ3n) is 2.89. The van der Waals surface area contributed by atoms with Crippen molar-refractivity contribution in [3.63, 3.8) is 0 Å². The van der Waals surface area contributed by atoms with E-state index in [0.717, 1.165) is 37.4 Å². The zero-order chi connectivity index (χ0) is 12.7. The zero-order valence-electron chi connectivity index (χ0n) is 10.8. The van der Waals surface area contributed by atoms with Gasteiger partial charge in [0.15, 0.2) is 9.84 Å². The van der Waals surface area contributed by atoms with Gasteiger partial charge in [0.1, 0.15) is 0 Å². The average molecular weight is 313 g/mol. The molecule has 98 valence electrons. The number of alkyl halides is 1. The van der Waals surface area contributed by atoms with Gasteiger partial charge in [-0.2, -0.15) is 0 Å². The van der Waals surface area contributed by atoms with Crippen LogP contribution in [0.3, 0.4) is 0 Å². The van der Waals surface area contributed by atoms with E-state index in [2.05, 4.69) is 29.8 Å². The van der Waals surface area contributed by atoms with Crippen LogP contribution in [-0.2, 0) is 9.84 Å². The highest BCUT2D eigenvalue weighted by atomic mass is 79.9. The Balaban J connectivity index is 4.76. The van der Waals surface area contributed by atoms with Crippen LogP contribution in [0.4, 0.5) is 0 Å². The molecule has 0 aromatic heterocycles. The predicted octanol–water partition coefficient (Wildman–Crippen LogP) is 3.79. The fourth-order valence-corrected chi connectivity index (χ4v) is 5.46. The third kappa shape index (κ3) is 5.67. The summed E-state index contributed by atoms with van der Waals surface area (Å²) in [7, 11) is -2.88. The Morgan fingerprint density at radius 1 is 1.00 bits per heavy atom. The van der Waals surface area contributed by atoms with Gasteiger partial charge in [0.2, 0.25) is 0 Å². The van der Waals surface area contributed by atoms with Gasteiger partial charge in [-0.15, -0.1) is 0 Å². The molecule has 0 rings (SSSR count). The van der Waals surface area contributed by atoms with E-state index in [0.29, 0.717) is 11.5 Å². The SMILES string of the molecule is CCCC(CBr)(CCC)CS(=O)(=O)CCC. The molecule has 0 heterocycles. The van der Waals surface area contributed by atoms with Gasteiger partial charge in [0.25, 0.3) is 0 Å². The Kier molecular flexibility index (Phi) is 7.90. The van der Waals surface area contributed by atoms with Gasteiger partial charge in [-0.05, 0) is 24.7 Å². The van der Waals surface area contributed by atoms with Crippen molar-refractivity contribution in [1.29, 1.82) is 0 Å². The van der Waals surface area contributed by atoms with E-state index < -0.39 is 9.84 Å². The van der Waals surface area contributed by atoms with Crippen molar-refractivity contribution in [2.45, 2.75) is 52.9 Å². The lowest BCUT2D eigenvalue weighted by atomic mass is 9.83. The van der Waals surface area contributed by atoms with Gasteiger partial charge in [0.05, 0.1) is 5.75 Å². The minimum Gasteiger partial charge on any atom is -0.229 e. The van der Waals surface area contributed by atoms with Gasteiger partial charge in [0, 0.05) is 11.1 Å². The highest BCUT2D eigenvalue weighted by Gasteiger charge is 2.32. The molecule has 0 atom stereocenters. The summed E-state index contributed by atoms with van der Waals surface area (Å²) in [6.07, 6.45) is 4.81. The van der Waals surface area contributed by atoms with Crippen LogP contribution >= 0.6 is 15.9 Å². The molecule has 0 aromatic carbocycles. The van der Waals surface area contributed by atoms with Crippen molar-refractivity contribution in [3.05, 3.63) is 0 Å². The molecule has 0 N–H and O–H groups in total. The Bertz CT molecular complexity index is 267. The van der Waals surface area contributed by atoms with Crippen LogP contribution in [0.2, 0.25) is 0 Å². The number of sulfone groups is 1. The second-order valence-electron chi connectivity index (χ2n) is 4.73. The molecule has 0 aromatic rings. The molecule has 0 amide bonds. The van der Waals surface area contributed by atoms with Crippen molar-refractivity contribution < 1.29 is 8.42 Å². The standard InChI is InChI=1S/C12H25BrO2S/c1-4-7-12(10-13,8-5-2)11-16(14,15)9-6-3/h4-11H2,1-3H3. The number of hydrogen-bond acceptors (Lipinski definition) is 2. The number of hydrogen-bond donors (Lipinski definition) is 0. The van der Waals surface area contributed by atoms with Crippen molar-refractivity contribution in [2.24, 2.45) is 5.41 Å². The lowest BCUT2D eigenvalue weighted by Crippen LogP contribution is -2.33. The molecule has 2 nitrogen and oxygen atoms in total. The highest BCUT2D eigenvalue weighted by molar-refractivity contribution is 9.09. The van der Waals surface area contributed by atoms with Crippen LogP contribution in [0.1, 0.15) is 52.9 Å². The molecule has 4 heteroatoms. The summed E-state index contributed by atoms with van der Waals surface area (Å²) in [4.78, 5) is 0. The Morgan fingerprint density at radius 2 is 1.50 bits per heavy atom. The van der Waals surface area contributed by atoms with Gasteiger partial charge < -0.3 is 0 Å². The normalized spacial score (nSPS) is 13.0. The van der Waals surface area contributed by atoms with E-state index in [-0.39, 0.29) is 5.41 Å². The second kappa shape index (κ2) is 7.70. The molecule has 0 aliphatic rings. The maximum atomic E-state index is 11.9. The average Bonchev–Trinajstić information content (AvgIpc) is 2.17. The van der Waals surface area contributed by atoms with E-state index in [1.54, 1.807) is 0 Å². The van der Waals surface area contributed by atoms with E-state index in [4.69, 9.17) is 0 Å². The van der Waals surface area contributed by atoms with Crippen molar-refractivity contribution in [2.75, 3.05) is 16.8 Å². The summed E-state index contributed by atoms with van der Waals surface area (Å²) in [5, 5.41) is 0.796. The van der Waals surface area contributed by atoms with Crippen molar-refractivity contribution >= 4 is 25.8 Å². The van der Waals surface area contributed by atoms with Crippen LogP contribution in [0.25, 0.3) is 0 Å².